The number of carbonyl (C=O) groups is 2. The third-order valence-corrected chi connectivity index (χ3v) is 5.65. The number of benzene rings is 2. The maximum Gasteiger partial charge on any atom is 0.324 e. The molecule has 3 N–H and O–H groups in total. The molecule has 10 nitrogen and oxygen atoms in total. The zero-order valence-electron chi connectivity index (χ0n) is 22.2. The van der Waals surface area contributed by atoms with E-state index in [1.165, 1.54) is 37.5 Å². The van der Waals surface area contributed by atoms with E-state index in [2.05, 4.69) is 26.0 Å². The zero-order chi connectivity index (χ0) is 28.2. The van der Waals surface area contributed by atoms with Gasteiger partial charge in [-0.05, 0) is 42.5 Å². The van der Waals surface area contributed by atoms with Crippen LogP contribution in [0.2, 0.25) is 0 Å². The van der Waals surface area contributed by atoms with E-state index in [-0.39, 0.29) is 28.3 Å². The first-order valence-corrected chi connectivity index (χ1v) is 12.1. The molecule has 0 aliphatic heterocycles. The minimum absolute atomic E-state index is 0.0811. The van der Waals surface area contributed by atoms with E-state index in [4.69, 9.17) is 9.47 Å². The van der Waals surface area contributed by atoms with Gasteiger partial charge in [0, 0.05) is 42.5 Å². The number of anilines is 2. The van der Waals surface area contributed by atoms with E-state index < -0.39 is 17.8 Å². The van der Waals surface area contributed by atoms with Crippen LogP contribution in [0.1, 0.15) is 37.0 Å². The maximum absolute atomic E-state index is 14.8. The van der Waals surface area contributed by atoms with E-state index in [1.54, 1.807) is 30.0 Å². The molecule has 0 saturated carbocycles. The SMILES string of the molecule is CNC(=O)c1cc(Oc2ccc(NC(=O)Nc3cc(C(C)(C)C)nn3-c3ccc(OC)cc3)cc2F)ccn1. The number of urea groups is 1. The number of hydrogen-bond acceptors (Lipinski definition) is 6. The van der Waals surface area contributed by atoms with E-state index in [1.807, 2.05) is 32.9 Å². The number of ether oxygens (including phenoxy) is 2. The fraction of sp³-hybridized carbons (Fsp3) is 0.214. The van der Waals surface area contributed by atoms with Gasteiger partial charge in [-0.25, -0.2) is 13.9 Å². The number of pyridine rings is 1. The van der Waals surface area contributed by atoms with E-state index in [0.717, 1.165) is 17.4 Å². The average Bonchev–Trinajstić information content (AvgIpc) is 3.34. The van der Waals surface area contributed by atoms with E-state index in [9.17, 15) is 14.0 Å². The summed E-state index contributed by atoms with van der Waals surface area (Å²) in [5, 5.41) is 12.6. The van der Waals surface area contributed by atoms with Gasteiger partial charge in [-0.3, -0.25) is 15.1 Å². The fourth-order valence-corrected chi connectivity index (χ4v) is 3.55. The molecule has 2 aromatic heterocycles. The van der Waals surface area contributed by atoms with Crippen LogP contribution in [0, 0.1) is 5.82 Å². The highest BCUT2D eigenvalue weighted by Gasteiger charge is 2.22. The van der Waals surface area contributed by atoms with Crippen molar-refractivity contribution in [2.75, 3.05) is 24.8 Å². The number of aromatic nitrogens is 3. The lowest BCUT2D eigenvalue weighted by atomic mass is 9.92. The Morgan fingerprint density at radius 2 is 1.69 bits per heavy atom. The molecule has 0 fully saturated rings. The number of methoxy groups -OCH3 is 1. The molecule has 39 heavy (non-hydrogen) atoms. The Hall–Kier alpha value is -4.93. The van der Waals surface area contributed by atoms with Crippen molar-refractivity contribution in [2.45, 2.75) is 26.2 Å². The molecule has 2 heterocycles. The summed E-state index contributed by atoms with van der Waals surface area (Å²) in [6.45, 7) is 6.07. The van der Waals surface area contributed by atoms with Crippen molar-refractivity contribution < 1.29 is 23.5 Å². The smallest absolute Gasteiger partial charge is 0.324 e. The molecule has 0 bridgehead atoms. The Bertz CT molecular complexity index is 1490. The van der Waals surface area contributed by atoms with Gasteiger partial charge in [-0.2, -0.15) is 5.10 Å². The van der Waals surface area contributed by atoms with Crippen molar-refractivity contribution in [3.8, 4) is 22.9 Å². The number of rotatable bonds is 7. The molecule has 0 saturated heterocycles. The lowest BCUT2D eigenvalue weighted by Gasteiger charge is -2.14. The van der Waals surface area contributed by atoms with Crippen LogP contribution in [0.5, 0.6) is 17.2 Å². The summed E-state index contributed by atoms with van der Waals surface area (Å²) in [5.74, 6) is 0.191. The first kappa shape index (κ1) is 27.1. The first-order chi connectivity index (χ1) is 18.6. The molecule has 4 aromatic rings. The number of amides is 3. The number of nitrogens with zero attached hydrogens (tertiary/aromatic N) is 3. The molecule has 3 amide bonds. The monoisotopic (exact) mass is 532 g/mol. The van der Waals surface area contributed by atoms with Crippen molar-refractivity contribution in [3.05, 3.63) is 84.1 Å². The van der Waals surface area contributed by atoms with Gasteiger partial charge in [0.15, 0.2) is 11.6 Å². The summed E-state index contributed by atoms with van der Waals surface area (Å²) in [6, 6.07) is 15.4. The standard InChI is InChI=1S/C28H29FN6O4/c1-28(2,3)24-16-25(35(34-24)18-7-9-19(38-5)10-8-18)33-27(37)32-17-6-11-23(21(29)14-17)39-20-12-13-31-22(15-20)26(36)30-4/h6-16H,1-5H3,(H,30,36)(H2,32,33,37). The van der Waals surface area contributed by atoms with Gasteiger partial charge in [0.1, 0.15) is 23.0 Å². The second-order valence-corrected chi connectivity index (χ2v) is 9.56. The van der Waals surface area contributed by atoms with Crippen LogP contribution >= 0.6 is 0 Å². The quantitative estimate of drug-likeness (QED) is 0.289. The van der Waals surface area contributed by atoms with Gasteiger partial charge in [0.05, 0.1) is 18.5 Å². The second-order valence-electron chi connectivity index (χ2n) is 9.56. The Labute approximate surface area is 225 Å². The van der Waals surface area contributed by atoms with Crippen LogP contribution in [0.25, 0.3) is 5.69 Å². The normalized spacial score (nSPS) is 11.0. The summed E-state index contributed by atoms with van der Waals surface area (Å²) >= 11 is 0. The van der Waals surface area contributed by atoms with Crippen LogP contribution in [0.3, 0.4) is 0 Å². The molecule has 202 valence electrons. The Morgan fingerprint density at radius 3 is 2.33 bits per heavy atom. The molecule has 0 aliphatic rings. The Balaban J connectivity index is 1.50. The summed E-state index contributed by atoms with van der Waals surface area (Å²) in [4.78, 5) is 28.6. The first-order valence-electron chi connectivity index (χ1n) is 12.1. The minimum atomic E-state index is -0.704. The molecule has 11 heteroatoms. The highest BCUT2D eigenvalue weighted by Crippen LogP contribution is 2.29. The number of carbonyl (C=O) groups excluding carboxylic acids is 2. The van der Waals surface area contributed by atoms with Crippen LogP contribution in [-0.4, -0.2) is 40.9 Å². The second kappa shape index (κ2) is 11.2. The number of halogens is 1. The fourth-order valence-electron chi connectivity index (χ4n) is 3.55. The van der Waals surface area contributed by atoms with Gasteiger partial charge in [0.2, 0.25) is 0 Å². The molecule has 0 aliphatic carbocycles. The predicted octanol–water partition coefficient (Wildman–Crippen LogP) is 5.51. The molecular formula is C28H29FN6O4. The van der Waals surface area contributed by atoms with Crippen molar-refractivity contribution in [2.24, 2.45) is 0 Å². The van der Waals surface area contributed by atoms with Crippen molar-refractivity contribution in [3.63, 3.8) is 0 Å². The molecule has 0 radical (unpaired) electrons. The summed E-state index contributed by atoms with van der Waals surface area (Å²) in [7, 11) is 3.07. The number of hydrogen-bond donors (Lipinski definition) is 3. The van der Waals surface area contributed by atoms with Crippen molar-refractivity contribution in [1.29, 1.82) is 0 Å². The van der Waals surface area contributed by atoms with Gasteiger partial charge in [-0.15, -0.1) is 0 Å². The third kappa shape index (κ3) is 6.50. The lowest BCUT2D eigenvalue weighted by molar-refractivity contribution is 0.0957. The largest absolute Gasteiger partial charge is 0.497 e. The van der Waals surface area contributed by atoms with E-state index in [0.29, 0.717) is 11.6 Å². The van der Waals surface area contributed by atoms with Crippen LogP contribution < -0.4 is 25.4 Å². The minimum Gasteiger partial charge on any atom is -0.497 e. The van der Waals surface area contributed by atoms with Crippen LogP contribution in [0.15, 0.2) is 66.9 Å². The molecule has 0 spiro atoms. The Kier molecular flexibility index (Phi) is 7.80. The zero-order valence-corrected chi connectivity index (χ0v) is 22.2. The predicted molar refractivity (Wildman–Crippen MR) is 146 cm³/mol. The molecule has 2 aromatic carbocycles. The molecule has 4 rings (SSSR count). The summed E-state index contributed by atoms with van der Waals surface area (Å²) in [5.41, 5.74) is 1.58. The van der Waals surface area contributed by atoms with Gasteiger partial charge in [0.25, 0.3) is 5.91 Å². The summed E-state index contributed by atoms with van der Waals surface area (Å²) in [6.07, 6.45) is 1.39. The lowest BCUT2D eigenvalue weighted by Crippen LogP contribution is -2.21. The van der Waals surface area contributed by atoms with Crippen LogP contribution in [0.4, 0.5) is 20.7 Å². The van der Waals surface area contributed by atoms with Crippen molar-refractivity contribution >= 4 is 23.4 Å². The number of nitrogens with one attached hydrogen (secondary N) is 3. The van der Waals surface area contributed by atoms with Crippen LogP contribution in [-0.2, 0) is 5.41 Å². The third-order valence-electron chi connectivity index (χ3n) is 5.65. The van der Waals surface area contributed by atoms with E-state index >= 15 is 0 Å². The highest BCUT2D eigenvalue weighted by atomic mass is 19.1. The van der Waals surface area contributed by atoms with Gasteiger partial charge in [-0.1, -0.05) is 20.8 Å². The van der Waals surface area contributed by atoms with Gasteiger partial charge >= 0.3 is 6.03 Å². The average molecular weight is 533 g/mol. The molecular weight excluding hydrogens is 503 g/mol. The highest BCUT2D eigenvalue weighted by molar-refractivity contribution is 5.99. The molecule has 0 unspecified atom stereocenters. The molecule has 0 atom stereocenters. The maximum atomic E-state index is 14.8. The summed E-state index contributed by atoms with van der Waals surface area (Å²) < 4.78 is 27.2. The van der Waals surface area contributed by atoms with Crippen molar-refractivity contribution in [1.82, 2.24) is 20.1 Å². The van der Waals surface area contributed by atoms with Gasteiger partial charge < -0.3 is 20.1 Å². The topological polar surface area (TPSA) is 119 Å². The Morgan fingerprint density at radius 1 is 0.949 bits per heavy atom.